The van der Waals surface area contributed by atoms with Gasteiger partial charge in [-0.15, -0.1) is 11.8 Å². The molecule has 0 radical (unpaired) electrons. The first-order valence-electron chi connectivity index (χ1n) is 10.6. The number of benzene rings is 1. The number of carboxylic acid groups (broad SMARTS) is 1. The fourth-order valence-corrected chi connectivity index (χ4v) is 7.13. The molecule has 1 amide bonds. The van der Waals surface area contributed by atoms with Crippen LogP contribution < -0.4 is 5.32 Å². The summed E-state index contributed by atoms with van der Waals surface area (Å²) in [5, 5.41) is 44.2. The predicted molar refractivity (Wildman–Crippen MR) is 114 cm³/mol. The molecule has 170 valence electrons. The zero-order chi connectivity index (χ0) is 22.5. The molecule has 1 aromatic rings. The highest BCUT2D eigenvalue weighted by Crippen LogP contribution is 2.58. The lowest BCUT2D eigenvalue weighted by Crippen LogP contribution is -2.68. The molecular formula is C22H29NO7S. The molecular weight excluding hydrogens is 422 g/mol. The first kappa shape index (κ1) is 22.5. The van der Waals surface area contributed by atoms with Gasteiger partial charge in [-0.3, -0.25) is 4.79 Å². The Morgan fingerprint density at radius 1 is 1.10 bits per heavy atom. The number of aliphatic hydroxyl groups excluding tert-OH is 3. The third kappa shape index (κ3) is 3.56. The molecule has 1 heterocycles. The van der Waals surface area contributed by atoms with Crippen LogP contribution in [0.2, 0.25) is 0 Å². The third-order valence-electron chi connectivity index (χ3n) is 7.34. The number of thioether (sulfide) groups is 1. The molecule has 2 aliphatic carbocycles. The van der Waals surface area contributed by atoms with Gasteiger partial charge in [-0.1, -0.05) is 12.1 Å². The van der Waals surface area contributed by atoms with Gasteiger partial charge in [0.1, 0.15) is 23.2 Å². The molecule has 1 aliphatic heterocycles. The standard InChI is InChI=1S/C22H29NO7S/c1-10-17(24)18(25)19(26)22(30-10,31-2)15-11-7-8-12(9-11)16(15)23-20(27)13-5-3-4-6-14(13)21(28)29/h3-6,10-12,15-19,24-26H,7-9H2,1-2H3,(H,23,27)(H,28,29)/t10-,11?,12?,15?,16?,17+,18+,19-,22-/m0/s1. The van der Waals surface area contributed by atoms with Crippen molar-refractivity contribution in [2.45, 2.75) is 61.6 Å². The van der Waals surface area contributed by atoms with Gasteiger partial charge in [0.05, 0.1) is 17.2 Å². The van der Waals surface area contributed by atoms with Crippen molar-refractivity contribution in [2.24, 2.45) is 17.8 Å². The van der Waals surface area contributed by atoms with Crippen LogP contribution in [0.25, 0.3) is 0 Å². The Bertz CT molecular complexity index is 866. The number of aromatic carboxylic acids is 1. The van der Waals surface area contributed by atoms with Gasteiger partial charge in [0.2, 0.25) is 0 Å². The van der Waals surface area contributed by atoms with Crippen molar-refractivity contribution < 1.29 is 34.8 Å². The van der Waals surface area contributed by atoms with Crippen molar-refractivity contribution in [3.63, 3.8) is 0 Å². The third-order valence-corrected chi connectivity index (χ3v) is 8.58. The van der Waals surface area contributed by atoms with Crippen molar-refractivity contribution >= 4 is 23.6 Å². The highest BCUT2D eigenvalue weighted by molar-refractivity contribution is 7.99. The van der Waals surface area contributed by atoms with E-state index in [9.17, 15) is 30.0 Å². The Morgan fingerprint density at radius 2 is 1.74 bits per heavy atom. The Morgan fingerprint density at radius 3 is 2.39 bits per heavy atom. The van der Waals surface area contributed by atoms with Gasteiger partial charge in [-0.25, -0.2) is 4.79 Å². The molecule has 0 spiro atoms. The average Bonchev–Trinajstić information content (AvgIpc) is 3.37. The van der Waals surface area contributed by atoms with Crippen molar-refractivity contribution in [3.05, 3.63) is 35.4 Å². The smallest absolute Gasteiger partial charge is 0.336 e. The Hall–Kier alpha value is -1.65. The summed E-state index contributed by atoms with van der Waals surface area (Å²) in [6.07, 6.45) is -0.0686. The lowest BCUT2D eigenvalue weighted by atomic mass is 9.75. The molecule has 2 bridgehead atoms. The van der Waals surface area contributed by atoms with E-state index in [0.29, 0.717) is 0 Å². The number of carboxylic acids is 1. The van der Waals surface area contributed by atoms with E-state index in [1.807, 2.05) is 0 Å². The highest BCUT2D eigenvalue weighted by atomic mass is 32.2. The number of carbonyl (C=O) groups excluding carboxylic acids is 1. The molecule has 1 aromatic carbocycles. The first-order chi connectivity index (χ1) is 14.7. The maximum atomic E-state index is 13.1. The zero-order valence-corrected chi connectivity index (χ0v) is 18.3. The predicted octanol–water partition coefficient (Wildman–Crippen LogP) is 1.09. The topological polar surface area (TPSA) is 136 Å². The van der Waals surface area contributed by atoms with Crippen LogP contribution >= 0.6 is 11.8 Å². The second-order valence-electron chi connectivity index (χ2n) is 8.88. The first-order valence-corrected chi connectivity index (χ1v) is 11.8. The minimum atomic E-state index is -1.36. The molecule has 8 nitrogen and oxygen atoms in total. The van der Waals surface area contributed by atoms with Crippen LogP contribution in [0, 0.1) is 17.8 Å². The Kier molecular flexibility index (Phi) is 6.08. The van der Waals surface area contributed by atoms with Crippen molar-refractivity contribution in [3.8, 4) is 0 Å². The van der Waals surface area contributed by atoms with E-state index in [1.54, 1.807) is 25.3 Å². The largest absolute Gasteiger partial charge is 0.478 e. The van der Waals surface area contributed by atoms with E-state index in [2.05, 4.69) is 5.32 Å². The van der Waals surface area contributed by atoms with Crippen LogP contribution in [0.5, 0.6) is 0 Å². The minimum Gasteiger partial charge on any atom is -0.478 e. The number of hydrogen-bond donors (Lipinski definition) is 5. The second-order valence-corrected chi connectivity index (χ2v) is 9.93. The Balaban J connectivity index is 1.67. The normalized spacial score (nSPS) is 41.8. The van der Waals surface area contributed by atoms with Gasteiger partial charge in [0.15, 0.2) is 0 Å². The summed E-state index contributed by atoms with van der Waals surface area (Å²) >= 11 is 1.29. The van der Waals surface area contributed by atoms with E-state index >= 15 is 0 Å². The van der Waals surface area contributed by atoms with E-state index in [0.717, 1.165) is 19.3 Å². The highest BCUT2D eigenvalue weighted by Gasteiger charge is 2.64. The van der Waals surface area contributed by atoms with Crippen LogP contribution in [-0.4, -0.2) is 73.9 Å². The SMILES string of the molecule is CS[C@]1(C2C3CCC(C3)C2NC(=O)c2ccccc2C(=O)O)O[C@@H](C)[C@@H](O)[C@@H](O)[C@@H]1O. The molecule has 3 aliphatic rings. The number of carbonyl (C=O) groups is 2. The monoisotopic (exact) mass is 451 g/mol. The van der Waals surface area contributed by atoms with Gasteiger partial charge >= 0.3 is 5.97 Å². The van der Waals surface area contributed by atoms with E-state index in [4.69, 9.17) is 4.74 Å². The summed E-state index contributed by atoms with van der Waals surface area (Å²) in [5.74, 6) is -1.58. The number of nitrogens with one attached hydrogen (secondary N) is 1. The molecule has 5 N–H and O–H groups in total. The fourth-order valence-electron chi connectivity index (χ4n) is 5.89. The molecule has 1 saturated heterocycles. The van der Waals surface area contributed by atoms with Gasteiger partial charge in [-0.05, 0) is 56.4 Å². The lowest BCUT2D eigenvalue weighted by molar-refractivity contribution is -0.250. The number of rotatable bonds is 5. The van der Waals surface area contributed by atoms with Gasteiger partial charge in [-0.2, -0.15) is 0 Å². The number of fused-ring (bicyclic) bond motifs is 2. The molecule has 2 saturated carbocycles. The van der Waals surface area contributed by atoms with Crippen molar-refractivity contribution in [1.82, 2.24) is 5.32 Å². The molecule has 9 heteroatoms. The van der Waals surface area contributed by atoms with Gasteiger partial charge < -0.3 is 30.5 Å². The van der Waals surface area contributed by atoms with E-state index in [-0.39, 0.29) is 34.9 Å². The van der Waals surface area contributed by atoms with Crippen LogP contribution in [0.3, 0.4) is 0 Å². The van der Waals surface area contributed by atoms with E-state index < -0.39 is 41.2 Å². The number of amides is 1. The summed E-state index contributed by atoms with van der Waals surface area (Å²) < 4.78 is 6.19. The second kappa shape index (κ2) is 8.37. The number of ether oxygens (including phenoxy) is 1. The minimum absolute atomic E-state index is 0.0691. The summed E-state index contributed by atoms with van der Waals surface area (Å²) in [6.45, 7) is 1.66. The Labute approximate surface area is 185 Å². The fraction of sp³-hybridized carbons (Fsp3) is 0.636. The summed E-state index contributed by atoms with van der Waals surface area (Å²) in [4.78, 5) is 23.5. The number of aliphatic hydroxyl groups is 3. The molecule has 0 aromatic heterocycles. The van der Waals surface area contributed by atoms with Crippen molar-refractivity contribution in [2.75, 3.05) is 6.26 Å². The van der Waals surface area contributed by atoms with Crippen LogP contribution in [0.4, 0.5) is 0 Å². The van der Waals surface area contributed by atoms with Crippen LogP contribution in [0.15, 0.2) is 24.3 Å². The van der Waals surface area contributed by atoms with E-state index in [1.165, 1.54) is 23.9 Å². The quantitative estimate of drug-likeness (QED) is 0.449. The lowest BCUT2D eigenvalue weighted by Gasteiger charge is -2.53. The molecule has 4 rings (SSSR count). The zero-order valence-electron chi connectivity index (χ0n) is 17.5. The molecule has 3 fully saturated rings. The molecule has 31 heavy (non-hydrogen) atoms. The molecule has 9 atom stereocenters. The summed E-state index contributed by atoms with van der Waals surface area (Å²) in [6, 6.07) is 5.73. The summed E-state index contributed by atoms with van der Waals surface area (Å²) in [5.41, 5.74) is 0.0177. The maximum absolute atomic E-state index is 13.1. The number of hydrogen-bond acceptors (Lipinski definition) is 7. The van der Waals surface area contributed by atoms with Crippen molar-refractivity contribution in [1.29, 1.82) is 0 Å². The van der Waals surface area contributed by atoms with Crippen LogP contribution in [-0.2, 0) is 4.74 Å². The summed E-state index contributed by atoms with van der Waals surface area (Å²) in [7, 11) is 0. The van der Waals surface area contributed by atoms with Gasteiger partial charge in [0.25, 0.3) is 5.91 Å². The van der Waals surface area contributed by atoms with Crippen LogP contribution in [0.1, 0.15) is 46.9 Å². The maximum Gasteiger partial charge on any atom is 0.336 e. The molecule has 4 unspecified atom stereocenters. The average molecular weight is 452 g/mol. The van der Waals surface area contributed by atoms with Gasteiger partial charge in [0, 0.05) is 12.0 Å².